The van der Waals surface area contributed by atoms with Gasteiger partial charge in [0.05, 0.1) is 18.6 Å². The van der Waals surface area contributed by atoms with Gasteiger partial charge >= 0.3 is 12.0 Å². The number of urea groups is 1. The number of hydrogen-bond acceptors (Lipinski definition) is 3. The number of fused-ring (bicyclic) bond motifs is 1. The van der Waals surface area contributed by atoms with E-state index < -0.39 is 0 Å². The molecule has 0 spiro atoms. The molecule has 1 aromatic rings. The molecule has 2 aliphatic rings. The molecule has 1 saturated heterocycles. The number of benzene rings is 1. The lowest BCUT2D eigenvalue weighted by molar-refractivity contribution is -0.149. The molecule has 124 valence electrons. The largest absolute Gasteiger partial charge is 0.466 e. The fraction of sp³-hybridized carbons (Fsp3) is 0.556. The summed E-state index contributed by atoms with van der Waals surface area (Å²) in [6.45, 7) is 3.47. The molecule has 5 heteroatoms. The van der Waals surface area contributed by atoms with Crippen LogP contribution in [0.25, 0.3) is 0 Å². The Bertz CT molecular complexity index is 579. The zero-order valence-corrected chi connectivity index (χ0v) is 13.6. The lowest BCUT2D eigenvalue weighted by atomic mass is 9.97. The molecule has 1 fully saturated rings. The van der Waals surface area contributed by atoms with Crippen molar-refractivity contribution >= 4 is 12.0 Å². The fourth-order valence-electron chi connectivity index (χ4n) is 3.53. The lowest BCUT2D eigenvalue weighted by Crippen LogP contribution is -2.46. The van der Waals surface area contributed by atoms with Gasteiger partial charge in [0.15, 0.2) is 0 Å². The van der Waals surface area contributed by atoms with Crippen LogP contribution < -0.4 is 5.32 Å². The second kappa shape index (κ2) is 7.02. The predicted molar refractivity (Wildman–Crippen MR) is 87.0 cm³/mol. The fourth-order valence-corrected chi connectivity index (χ4v) is 3.53. The maximum absolute atomic E-state index is 12.5. The van der Waals surface area contributed by atoms with Gasteiger partial charge in [0.25, 0.3) is 0 Å². The molecule has 2 amide bonds. The van der Waals surface area contributed by atoms with E-state index in [1.54, 1.807) is 0 Å². The first-order chi connectivity index (χ1) is 11.2. The highest BCUT2D eigenvalue weighted by Crippen LogP contribution is 2.31. The van der Waals surface area contributed by atoms with E-state index in [4.69, 9.17) is 4.74 Å². The Morgan fingerprint density at radius 3 is 2.70 bits per heavy atom. The molecule has 0 bridgehead atoms. The number of carbonyl (C=O) groups is 2. The van der Waals surface area contributed by atoms with Gasteiger partial charge in [-0.15, -0.1) is 0 Å². The molecule has 23 heavy (non-hydrogen) atoms. The van der Waals surface area contributed by atoms with Gasteiger partial charge in [-0.3, -0.25) is 4.79 Å². The van der Waals surface area contributed by atoms with Crippen molar-refractivity contribution in [1.82, 2.24) is 10.2 Å². The molecule has 0 radical (unpaired) electrons. The number of carbonyl (C=O) groups excluding carboxylic acids is 2. The number of ether oxygens (including phenoxy) is 1. The van der Waals surface area contributed by atoms with Crippen molar-refractivity contribution in [3.8, 4) is 0 Å². The molecule has 1 aliphatic heterocycles. The van der Waals surface area contributed by atoms with E-state index in [2.05, 4.69) is 17.4 Å². The van der Waals surface area contributed by atoms with E-state index in [0.717, 1.165) is 12.8 Å². The first kappa shape index (κ1) is 15.8. The summed E-state index contributed by atoms with van der Waals surface area (Å²) in [5.74, 6) is -0.191. The smallest absolute Gasteiger partial charge is 0.317 e. The highest BCUT2D eigenvalue weighted by Gasteiger charge is 2.30. The number of nitrogens with one attached hydrogen (secondary N) is 1. The average molecular weight is 316 g/mol. The second-order valence-corrected chi connectivity index (χ2v) is 6.25. The molecule has 1 atom stereocenters. The zero-order chi connectivity index (χ0) is 16.2. The number of hydrogen-bond donors (Lipinski definition) is 1. The van der Waals surface area contributed by atoms with Gasteiger partial charge in [0, 0.05) is 13.1 Å². The zero-order valence-electron chi connectivity index (χ0n) is 13.6. The van der Waals surface area contributed by atoms with Gasteiger partial charge in [-0.2, -0.15) is 0 Å². The van der Waals surface area contributed by atoms with Crippen molar-refractivity contribution in [3.05, 3.63) is 35.4 Å². The minimum Gasteiger partial charge on any atom is -0.466 e. The second-order valence-electron chi connectivity index (χ2n) is 6.25. The van der Waals surface area contributed by atoms with Crippen LogP contribution in [0.2, 0.25) is 0 Å². The maximum atomic E-state index is 12.5. The molecule has 1 unspecified atom stereocenters. The molecule has 1 heterocycles. The number of piperidine rings is 1. The number of aryl methyl sites for hydroxylation is 1. The number of likely N-dealkylation sites (tertiary alicyclic amines) is 1. The van der Waals surface area contributed by atoms with E-state index in [-0.39, 0.29) is 24.0 Å². The Hall–Kier alpha value is -2.04. The quantitative estimate of drug-likeness (QED) is 0.872. The minimum absolute atomic E-state index is 0.0194. The summed E-state index contributed by atoms with van der Waals surface area (Å²) in [5, 5.41) is 3.14. The van der Waals surface area contributed by atoms with Crippen LogP contribution in [0.1, 0.15) is 43.4 Å². The van der Waals surface area contributed by atoms with E-state index in [9.17, 15) is 9.59 Å². The first-order valence-electron chi connectivity index (χ1n) is 8.49. The van der Waals surface area contributed by atoms with E-state index in [1.807, 2.05) is 24.0 Å². The summed E-state index contributed by atoms with van der Waals surface area (Å²) in [4.78, 5) is 26.0. The molecule has 1 aromatic carbocycles. The highest BCUT2D eigenvalue weighted by molar-refractivity contribution is 5.76. The minimum atomic E-state index is -0.128. The number of esters is 1. The number of nitrogens with zero attached hydrogens (tertiary/aromatic N) is 1. The Morgan fingerprint density at radius 1 is 1.22 bits per heavy atom. The van der Waals surface area contributed by atoms with Crippen LogP contribution in [-0.4, -0.2) is 36.6 Å². The molecular weight excluding hydrogens is 292 g/mol. The van der Waals surface area contributed by atoms with Crippen LogP contribution >= 0.6 is 0 Å². The van der Waals surface area contributed by atoms with Crippen LogP contribution in [-0.2, 0) is 16.0 Å². The third-order valence-electron chi connectivity index (χ3n) is 4.83. The van der Waals surface area contributed by atoms with Crippen molar-refractivity contribution < 1.29 is 14.3 Å². The van der Waals surface area contributed by atoms with Crippen LogP contribution in [0.5, 0.6) is 0 Å². The van der Waals surface area contributed by atoms with E-state index >= 15 is 0 Å². The van der Waals surface area contributed by atoms with Crippen LogP contribution in [0.15, 0.2) is 24.3 Å². The van der Waals surface area contributed by atoms with Crippen LogP contribution in [0, 0.1) is 5.92 Å². The SMILES string of the molecule is CCOC(=O)C1CCN(C(=O)NC2CCc3ccccc32)CC1. The Balaban J connectivity index is 1.52. The highest BCUT2D eigenvalue weighted by atomic mass is 16.5. The Labute approximate surface area is 137 Å². The summed E-state index contributed by atoms with van der Waals surface area (Å²) in [5.41, 5.74) is 2.57. The molecule has 0 aromatic heterocycles. The van der Waals surface area contributed by atoms with E-state index in [1.165, 1.54) is 11.1 Å². The summed E-state index contributed by atoms with van der Waals surface area (Å²) >= 11 is 0. The molecule has 0 saturated carbocycles. The van der Waals surface area contributed by atoms with Gasteiger partial charge < -0.3 is 15.0 Å². The van der Waals surface area contributed by atoms with Crippen molar-refractivity contribution in [2.24, 2.45) is 5.92 Å². The normalized spacial score (nSPS) is 20.9. The molecular formula is C18H24N2O3. The summed E-state index contributed by atoms with van der Waals surface area (Å²) in [7, 11) is 0. The van der Waals surface area contributed by atoms with Gasteiger partial charge in [0.2, 0.25) is 0 Å². The van der Waals surface area contributed by atoms with Crippen molar-refractivity contribution in [2.75, 3.05) is 19.7 Å². The van der Waals surface area contributed by atoms with E-state index in [0.29, 0.717) is 32.5 Å². The van der Waals surface area contributed by atoms with Crippen LogP contribution in [0.3, 0.4) is 0 Å². The monoisotopic (exact) mass is 316 g/mol. The van der Waals surface area contributed by atoms with Crippen molar-refractivity contribution in [1.29, 1.82) is 0 Å². The number of rotatable bonds is 3. The topological polar surface area (TPSA) is 58.6 Å². The maximum Gasteiger partial charge on any atom is 0.317 e. The van der Waals surface area contributed by atoms with Gasteiger partial charge in [-0.05, 0) is 43.7 Å². The average Bonchev–Trinajstić information content (AvgIpc) is 2.98. The third-order valence-corrected chi connectivity index (χ3v) is 4.83. The summed E-state index contributed by atoms with van der Waals surface area (Å²) < 4.78 is 5.07. The summed E-state index contributed by atoms with van der Waals surface area (Å²) in [6.07, 6.45) is 3.36. The third kappa shape index (κ3) is 3.49. The molecule has 5 nitrogen and oxygen atoms in total. The van der Waals surface area contributed by atoms with Gasteiger partial charge in [-0.1, -0.05) is 24.3 Å². The molecule has 1 aliphatic carbocycles. The first-order valence-corrected chi connectivity index (χ1v) is 8.49. The predicted octanol–water partition coefficient (Wildman–Crippen LogP) is 2.66. The standard InChI is InChI=1S/C18H24N2O3/c1-2-23-17(21)14-9-11-20(12-10-14)18(22)19-16-8-7-13-5-3-4-6-15(13)16/h3-6,14,16H,2,7-12H2,1H3,(H,19,22). The van der Waals surface area contributed by atoms with Crippen molar-refractivity contribution in [2.45, 2.75) is 38.6 Å². The Kier molecular flexibility index (Phi) is 4.84. The molecule has 3 rings (SSSR count). The Morgan fingerprint density at radius 2 is 1.96 bits per heavy atom. The van der Waals surface area contributed by atoms with Gasteiger partial charge in [0.1, 0.15) is 0 Å². The summed E-state index contributed by atoms with van der Waals surface area (Å²) in [6, 6.07) is 8.39. The number of amides is 2. The molecule has 1 N–H and O–H groups in total. The van der Waals surface area contributed by atoms with Crippen LogP contribution in [0.4, 0.5) is 4.79 Å². The van der Waals surface area contributed by atoms with Crippen molar-refractivity contribution in [3.63, 3.8) is 0 Å². The van der Waals surface area contributed by atoms with Gasteiger partial charge in [-0.25, -0.2) is 4.79 Å². The lowest BCUT2D eigenvalue weighted by Gasteiger charge is -2.32.